The largest absolute Gasteiger partial charge is 0.336 e. The summed E-state index contributed by atoms with van der Waals surface area (Å²) in [5, 5.41) is 5.32. The van der Waals surface area contributed by atoms with E-state index in [9.17, 15) is 4.79 Å². The lowest BCUT2D eigenvalue weighted by atomic mass is 10.0. The van der Waals surface area contributed by atoms with Gasteiger partial charge in [0, 0.05) is 24.3 Å². The molecule has 6 nitrogen and oxygen atoms in total. The van der Waals surface area contributed by atoms with Crippen LogP contribution in [0, 0.1) is 5.92 Å². The number of likely N-dealkylation sites (tertiary alicyclic amines) is 1. The fourth-order valence-corrected chi connectivity index (χ4v) is 3.64. The normalized spacial score (nSPS) is 21.0. The van der Waals surface area contributed by atoms with Crippen molar-refractivity contribution in [2.24, 2.45) is 11.7 Å². The van der Waals surface area contributed by atoms with Crippen LogP contribution in [-0.2, 0) is 0 Å². The number of carbonyl (C=O) groups is 1. The first-order chi connectivity index (χ1) is 11.8. The second-order valence-electron chi connectivity index (χ2n) is 7.81. The molecule has 1 amide bonds. The van der Waals surface area contributed by atoms with E-state index in [1.165, 1.54) is 0 Å². The van der Waals surface area contributed by atoms with Crippen molar-refractivity contribution in [3.05, 3.63) is 23.5 Å². The zero-order valence-electron chi connectivity index (χ0n) is 15.9. The number of pyridine rings is 1. The van der Waals surface area contributed by atoms with Crippen LogP contribution in [-0.4, -0.2) is 44.7 Å². The minimum atomic E-state index is 0.0704. The average molecular weight is 343 g/mol. The number of hydrogen-bond donors (Lipinski definition) is 1. The van der Waals surface area contributed by atoms with Gasteiger partial charge in [-0.05, 0) is 51.6 Å². The van der Waals surface area contributed by atoms with Gasteiger partial charge in [-0.2, -0.15) is 5.10 Å². The second kappa shape index (κ2) is 6.75. The van der Waals surface area contributed by atoms with Gasteiger partial charge in [0.25, 0.3) is 5.91 Å². The summed E-state index contributed by atoms with van der Waals surface area (Å²) < 4.78 is 1.90. The van der Waals surface area contributed by atoms with E-state index in [-0.39, 0.29) is 23.9 Å². The Morgan fingerprint density at radius 1 is 1.36 bits per heavy atom. The van der Waals surface area contributed by atoms with Crippen molar-refractivity contribution in [3.63, 3.8) is 0 Å². The van der Waals surface area contributed by atoms with Crippen LogP contribution in [0.25, 0.3) is 11.0 Å². The highest BCUT2D eigenvalue weighted by Gasteiger charge is 2.33. The number of fused-ring (bicyclic) bond motifs is 1. The minimum absolute atomic E-state index is 0.0704. The number of hydrogen-bond acceptors (Lipinski definition) is 4. The SMILES string of the molecule is CC(C)c1cc(C(=O)N2CC(CN)CC2C)c2cnn(C(C)C)c2n1. The number of amides is 1. The van der Waals surface area contributed by atoms with Crippen LogP contribution in [0.2, 0.25) is 0 Å². The molecule has 0 saturated carbocycles. The maximum Gasteiger partial charge on any atom is 0.254 e. The van der Waals surface area contributed by atoms with Crippen molar-refractivity contribution in [1.29, 1.82) is 0 Å². The van der Waals surface area contributed by atoms with Gasteiger partial charge in [0.15, 0.2) is 5.65 Å². The van der Waals surface area contributed by atoms with Crippen molar-refractivity contribution < 1.29 is 4.79 Å². The number of nitrogens with zero attached hydrogens (tertiary/aromatic N) is 4. The molecule has 136 valence electrons. The van der Waals surface area contributed by atoms with Crippen molar-refractivity contribution >= 4 is 16.9 Å². The van der Waals surface area contributed by atoms with Gasteiger partial charge in [-0.1, -0.05) is 13.8 Å². The van der Waals surface area contributed by atoms with Crippen LogP contribution in [0.15, 0.2) is 12.3 Å². The van der Waals surface area contributed by atoms with Crippen LogP contribution < -0.4 is 5.73 Å². The highest BCUT2D eigenvalue weighted by molar-refractivity contribution is 6.05. The molecule has 0 spiro atoms. The Hall–Kier alpha value is -1.95. The predicted molar refractivity (Wildman–Crippen MR) is 99.7 cm³/mol. The Morgan fingerprint density at radius 3 is 2.64 bits per heavy atom. The fraction of sp³-hybridized carbons (Fsp3) is 0.632. The van der Waals surface area contributed by atoms with Crippen LogP contribution in [0.4, 0.5) is 0 Å². The Bertz CT molecular complexity index is 779. The molecular formula is C19H29N5O. The summed E-state index contributed by atoms with van der Waals surface area (Å²) in [5.74, 6) is 0.708. The molecule has 0 bridgehead atoms. The molecule has 2 aromatic heterocycles. The molecular weight excluding hydrogens is 314 g/mol. The van der Waals surface area contributed by atoms with Gasteiger partial charge in [-0.15, -0.1) is 0 Å². The topological polar surface area (TPSA) is 77.0 Å². The molecule has 1 fully saturated rings. The number of rotatable bonds is 4. The van der Waals surface area contributed by atoms with Gasteiger partial charge in [0.05, 0.1) is 17.1 Å². The van der Waals surface area contributed by atoms with E-state index in [4.69, 9.17) is 10.7 Å². The quantitative estimate of drug-likeness (QED) is 0.926. The van der Waals surface area contributed by atoms with Crippen molar-refractivity contribution in [2.75, 3.05) is 13.1 Å². The summed E-state index contributed by atoms with van der Waals surface area (Å²) in [7, 11) is 0. The van der Waals surface area contributed by atoms with Crippen molar-refractivity contribution in [2.45, 2.75) is 59.0 Å². The molecule has 6 heteroatoms. The van der Waals surface area contributed by atoms with E-state index in [0.29, 0.717) is 18.0 Å². The van der Waals surface area contributed by atoms with E-state index in [0.717, 1.165) is 29.7 Å². The third kappa shape index (κ3) is 3.15. The molecule has 2 atom stereocenters. The third-order valence-electron chi connectivity index (χ3n) is 5.15. The Balaban J connectivity index is 2.10. The first kappa shape index (κ1) is 17.9. The highest BCUT2D eigenvalue weighted by atomic mass is 16.2. The third-order valence-corrected chi connectivity index (χ3v) is 5.15. The zero-order valence-corrected chi connectivity index (χ0v) is 15.9. The molecule has 1 aliphatic heterocycles. The van der Waals surface area contributed by atoms with E-state index in [1.54, 1.807) is 6.20 Å². The molecule has 3 heterocycles. The Labute approximate surface area is 149 Å². The zero-order chi connectivity index (χ0) is 18.3. The molecule has 1 aliphatic rings. The summed E-state index contributed by atoms with van der Waals surface area (Å²) in [6.07, 6.45) is 2.75. The predicted octanol–water partition coefficient (Wildman–Crippen LogP) is 2.94. The molecule has 2 unspecified atom stereocenters. The fourth-order valence-electron chi connectivity index (χ4n) is 3.64. The number of nitrogens with two attached hydrogens (primary N) is 1. The van der Waals surface area contributed by atoms with Crippen LogP contribution in [0.5, 0.6) is 0 Å². The lowest BCUT2D eigenvalue weighted by Gasteiger charge is -2.22. The molecule has 3 rings (SSSR count). The van der Waals surface area contributed by atoms with Gasteiger partial charge < -0.3 is 10.6 Å². The summed E-state index contributed by atoms with van der Waals surface area (Å²) >= 11 is 0. The second-order valence-corrected chi connectivity index (χ2v) is 7.81. The van der Waals surface area contributed by atoms with Crippen molar-refractivity contribution in [1.82, 2.24) is 19.7 Å². The monoisotopic (exact) mass is 343 g/mol. The summed E-state index contributed by atoms with van der Waals surface area (Å²) in [6, 6.07) is 2.36. The van der Waals surface area contributed by atoms with E-state index in [1.807, 2.05) is 15.6 Å². The molecule has 25 heavy (non-hydrogen) atoms. The first-order valence-corrected chi connectivity index (χ1v) is 9.22. The molecule has 1 saturated heterocycles. The maximum absolute atomic E-state index is 13.3. The van der Waals surface area contributed by atoms with Crippen LogP contribution in [0.1, 0.15) is 69.1 Å². The summed E-state index contributed by atoms with van der Waals surface area (Å²) in [6.45, 7) is 11.8. The van der Waals surface area contributed by atoms with E-state index >= 15 is 0 Å². The lowest BCUT2D eigenvalue weighted by Crippen LogP contribution is -2.34. The summed E-state index contributed by atoms with van der Waals surface area (Å²) in [5.41, 5.74) is 8.27. The standard InChI is InChI=1S/C19H29N5O/c1-11(2)17-7-15(16-9-21-24(12(3)4)18(16)22-17)19(25)23-10-14(8-20)6-13(23)5/h7,9,11-14H,6,8,10,20H2,1-5H3. The van der Waals surface area contributed by atoms with Gasteiger partial charge in [0.2, 0.25) is 0 Å². The maximum atomic E-state index is 13.3. The van der Waals surface area contributed by atoms with Gasteiger partial charge in [-0.25, -0.2) is 9.67 Å². The number of aromatic nitrogens is 3. The van der Waals surface area contributed by atoms with Gasteiger partial charge >= 0.3 is 0 Å². The molecule has 0 aliphatic carbocycles. The highest BCUT2D eigenvalue weighted by Crippen LogP contribution is 2.29. The van der Waals surface area contributed by atoms with Crippen molar-refractivity contribution in [3.8, 4) is 0 Å². The van der Waals surface area contributed by atoms with E-state index in [2.05, 4.69) is 39.7 Å². The Morgan fingerprint density at radius 2 is 2.08 bits per heavy atom. The molecule has 0 aromatic carbocycles. The Kier molecular flexibility index (Phi) is 4.82. The minimum Gasteiger partial charge on any atom is -0.336 e. The lowest BCUT2D eigenvalue weighted by molar-refractivity contribution is 0.0745. The molecule has 2 N–H and O–H groups in total. The molecule has 0 radical (unpaired) electrons. The van der Waals surface area contributed by atoms with Crippen LogP contribution >= 0.6 is 0 Å². The van der Waals surface area contributed by atoms with Gasteiger partial charge in [-0.3, -0.25) is 4.79 Å². The summed E-state index contributed by atoms with van der Waals surface area (Å²) in [4.78, 5) is 20.1. The average Bonchev–Trinajstić information content (AvgIpc) is 3.16. The van der Waals surface area contributed by atoms with Crippen LogP contribution in [0.3, 0.4) is 0 Å². The van der Waals surface area contributed by atoms with E-state index < -0.39 is 0 Å². The number of carbonyl (C=O) groups excluding carboxylic acids is 1. The van der Waals surface area contributed by atoms with Gasteiger partial charge in [0.1, 0.15) is 0 Å². The smallest absolute Gasteiger partial charge is 0.254 e. The first-order valence-electron chi connectivity index (χ1n) is 9.22. The molecule has 2 aromatic rings.